The molecule has 0 unspecified atom stereocenters. The van der Waals surface area contributed by atoms with Crippen LogP contribution in [0.2, 0.25) is 0 Å². The van der Waals surface area contributed by atoms with Crippen molar-refractivity contribution in [3.63, 3.8) is 0 Å². The van der Waals surface area contributed by atoms with E-state index < -0.39 is 0 Å². The van der Waals surface area contributed by atoms with Crippen molar-refractivity contribution >= 4 is 54.1 Å². The first-order valence-electron chi connectivity index (χ1n) is 16.7. The third kappa shape index (κ3) is 4.37. The second-order valence-corrected chi connectivity index (χ2v) is 12.6. The van der Waals surface area contributed by atoms with E-state index in [0.717, 1.165) is 44.5 Å². The molecule has 2 aromatic heterocycles. The minimum atomic E-state index is 0.710. The molecular weight excluding hydrogens is 595 g/mol. The highest BCUT2D eigenvalue weighted by Crippen LogP contribution is 2.42. The molecule has 0 bridgehead atoms. The molecule has 3 nitrogen and oxygen atoms in total. The molecule has 2 heterocycles. The van der Waals surface area contributed by atoms with Gasteiger partial charge in [-0.3, -0.25) is 0 Å². The zero-order valence-electron chi connectivity index (χ0n) is 26.6. The van der Waals surface area contributed by atoms with Crippen LogP contribution in [0.25, 0.3) is 93.7 Å². The molecule has 3 heteroatoms. The fourth-order valence-corrected chi connectivity index (χ4v) is 7.57. The first-order valence-corrected chi connectivity index (χ1v) is 16.7. The second-order valence-electron chi connectivity index (χ2n) is 12.6. The number of fused-ring (bicyclic) bond motifs is 8. The van der Waals surface area contributed by atoms with E-state index in [1.165, 1.54) is 43.4 Å². The zero-order chi connectivity index (χ0) is 32.3. The standard InChI is InChI=1S/C46H29N3/c1-3-15-32(16-4-1)39-29-40(33-17-5-2-6-18-33)48-46(47-39)38-23-11-22-37-36(38)21-12-24-41(37)49-42-27-25-30-13-7-9-19-34(30)44(42)45-35-20-10-8-14-31(35)26-28-43(45)49/h1-29H. The van der Waals surface area contributed by atoms with Crippen molar-refractivity contribution in [2.45, 2.75) is 0 Å². The summed E-state index contributed by atoms with van der Waals surface area (Å²) in [6.45, 7) is 0. The Bertz CT molecular complexity index is 2720. The molecule has 0 fully saturated rings. The van der Waals surface area contributed by atoms with Gasteiger partial charge in [0.15, 0.2) is 5.82 Å². The van der Waals surface area contributed by atoms with E-state index in [0.29, 0.717) is 5.82 Å². The van der Waals surface area contributed by atoms with Crippen LogP contribution in [0.5, 0.6) is 0 Å². The van der Waals surface area contributed by atoms with Crippen molar-refractivity contribution in [2.24, 2.45) is 0 Å². The van der Waals surface area contributed by atoms with Gasteiger partial charge in [-0.05, 0) is 51.2 Å². The maximum atomic E-state index is 5.19. The van der Waals surface area contributed by atoms with Gasteiger partial charge in [0.2, 0.25) is 0 Å². The average molecular weight is 624 g/mol. The summed E-state index contributed by atoms with van der Waals surface area (Å²) in [4.78, 5) is 10.4. The number of rotatable bonds is 4. The maximum absolute atomic E-state index is 5.19. The summed E-state index contributed by atoms with van der Waals surface area (Å²) >= 11 is 0. The number of aromatic nitrogens is 3. The lowest BCUT2D eigenvalue weighted by molar-refractivity contribution is 1.18. The maximum Gasteiger partial charge on any atom is 0.161 e. The number of nitrogens with zero attached hydrogens (tertiary/aromatic N) is 3. The lowest BCUT2D eigenvalue weighted by Gasteiger charge is -2.15. The summed E-state index contributed by atoms with van der Waals surface area (Å²) in [5.41, 5.74) is 8.45. The SMILES string of the molecule is c1ccc(-c2cc(-c3ccccc3)nc(-c3cccc4c(-n5c6ccc7ccccc7c6c6c7ccccc7ccc65)cccc34)n2)cc1. The van der Waals surface area contributed by atoms with Crippen LogP contribution >= 0.6 is 0 Å². The molecule has 0 amide bonds. The van der Waals surface area contributed by atoms with Crippen molar-refractivity contribution in [1.82, 2.24) is 14.5 Å². The Morgan fingerprint density at radius 1 is 0.367 bits per heavy atom. The largest absolute Gasteiger partial charge is 0.309 e. The highest BCUT2D eigenvalue weighted by atomic mass is 15.0. The summed E-state index contributed by atoms with van der Waals surface area (Å²) in [6.07, 6.45) is 0. The highest BCUT2D eigenvalue weighted by molar-refractivity contribution is 6.28. The third-order valence-corrected chi connectivity index (χ3v) is 9.79. The smallest absolute Gasteiger partial charge is 0.161 e. The molecule has 0 aliphatic heterocycles. The predicted octanol–water partition coefficient (Wildman–Crippen LogP) is 12.0. The second kappa shape index (κ2) is 11.0. The molecule has 0 atom stereocenters. The summed E-state index contributed by atoms with van der Waals surface area (Å²) in [6, 6.07) is 62.5. The van der Waals surface area contributed by atoms with E-state index in [9.17, 15) is 0 Å². The van der Waals surface area contributed by atoms with Crippen LogP contribution in [-0.4, -0.2) is 14.5 Å². The number of hydrogen-bond donors (Lipinski definition) is 0. The molecule has 8 aromatic carbocycles. The highest BCUT2D eigenvalue weighted by Gasteiger charge is 2.20. The van der Waals surface area contributed by atoms with E-state index >= 15 is 0 Å². The van der Waals surface area contributed by atoms with Gasteiger partial charge in [-0.2, -0.15) is 0 Å². The number of hydrogen-bond acceptors (Lipinski definition) is 2. The minimum absolute atomic E-state index is 0.710. The Kier molecular flexibility index (Phi) is 6.18. The molecule has 0 aliphatic rings. The Morgan fingerprint density at radius 3 is 1.45 bits per heavy atom. The van der Waals surface area contributed by atoms with Gasteiger partial charge in [0.25, 0.3) is 0 Å². The van der Waals surface area contributed by atoms with Gasteiger partial charge in [-0.25, -0.2) is 9.97 Å². The van der Waals surface area contributed by atoms with Gasteiger partial charge in [0, 0.05) is 32.8 Å². The summed E-state index contributed by atoms with van der Waals surface area (Å²) in [5.74, 6) is 0.710. The van der Waals surface area contributed by atoms with E-state index in [1.54, 1.807) is 0 Å². The van der Waals surface area contributed by atoms with Gasteiger partial charge in [0.05, 0.1) is 28.1 Å². The van der Waals surface area contributed by atoms with Crippen LogP contribution < -0.4 is 0 Å². The molecule has 0 N–H and O–H groups in total. The monoisotopic (exact) mass is 623 g/mol. The van der Waals surface area contributed by atoms with Gasteiger partial charge < -0.3 is 4.57 Å². The Morgan fingerprint density at radius 2 is 0.857 bits per heavy atom. The van der Waals surface area contributed by atoms with E-state index in [4.69, 9.17) is 9.97 Å². The molecule has 0 saturated carbocycles. The minimum Gasteiger partial charge on any atom is -0.309 e. The van der Waals surface area contributed by atoms with E-state index in [1.807, 2.05) is 12.1 Å². The average Bonchev–Trinajstić information content (AvgIpc) is 3.53. The first kappa shape index (κ1) is 27.5. The Hall–Kier alpha value is -6.58. The van der Waals surface area contributed by atoms with Gasteiger partial charge >= 0.3 is 0 Å². The van der Waals surface area contributed by atoms with Crippen molar-refractivity contribution in [3.05, 3.63) is 176 Å². The zero-order valence-corrected chi connectivity index (χ0v) is 26.6. The van der Waals surface area contributed by atoms with Crippen LogP contribution in [0.3, 0.4) is 0 Å². The van der Waals surface area contributed by atoms with Crippen LogP contribution in [0, 0.1) is 0 Å². The van der Waals surface area contributed by atoms with E-state index in [-0.39, 0.29) is 0 Å². The predicted molar refractivity (Wildman–Crippen MR) is 205 cm³/mol. The van der Waals surface area contributed by atoms with Crippen molar-refractivity contribution in [1.29, 1.82) is 0 Å². The summed E-state index contributed by atoms with van der Waals surface area (Å²) in [7, 11) is 0. The molecule has 0 spiro atoms. The summed E-state index contributed by atoms with van der Waals surface area (Å²) in [5, 5.41) is 9.84. The van der Waals surface area contributed by atoms with Crippen LogP contribution in [-0.2, 0) is 0 Å². The van der Waals surface area contributed by atoms with Crippen LogP contribution in [0.15, 0.2) is 176 Å². The van der Waals surface area contributed by atoms with Crippen LogP contribution in [0.4, 0.5) is 0 Å². The first-order chi connectivity index (χ1) is 24.3. The lowest BCUT2D eigenvalue weighted by atomic mass is 10.00. The van der Waals surface area contributed by atoms with Crippen molar-refractivity contribution < 1.29 is 0 Å². The molecule has 10 rings (SSSR count). The van der Waals surface area contributed by atoms with Gasteiger partial charge in [0.1, 0.15) is 0 Å². The van der Waals surface area contributed by atoms with Crippen LogP contribution in [0.1, 0.15) is 0 Å². The molecule has 228 valence electrons. The molecule has 0 radical (unpaired) electrons. The number of benzene rings is 8. The topological polar surface area (TPSA) is 30.7 Å². The normalized spacial score (nSPS) is 11.7. The summed E-state index contributed by atoms with van der Waals surface area (Å²) < 4.78 is 2.45. The molecule has 10 aromatic rings. The molecule has 0 saturated heterocycles. The van der Waals surface area contributed by atoms with E-state index in [2.05, 4.69) is 168 Å². The Labute approximate surface area is 283 Å². The lowest BCUT2D eigenvalue weighted by Crippen LogP contribution is -1.98. The van der Waals surface area contributed by atoms with Crippen molar-refractivity contribution in [2.75, 3.05) is 0 Å². The fraction of sp³-hybridized carbons (Fsp3) is 0. The van der Waals surface area contributed by atoms with Crippen molar-refractivity contribution in [3.8, 4) is 39.6 Å². The molecule has 49 heavy (non-hydrogen) atoms. The Balaban J connectivity index is 1.27. The van der Waals surface area contributed by atoms with Gasteiger partial charge in [-0.15, -0.1) is 0 Å². The van der Waals surface area contributed by atoms with Gasteiger partial charge in [-0.1, -0.05) is 152 Å². The fourth-order valence-electron chi connectivity index (χ4n) is 7.57. The molecular formula is C46H29N3. The quantitative estimate of drug-likeness (QED) is 0.195. The third-order valence-electron chi connectivity index (χ3n) is 9.79. The molecule has 0 aliphatic carbocycles.